The number of carbonyl (C=O) groups is 2. The number of imide groups is 1. The van der Waals surface area contributed by atoms with Crippen molar-refractivity contribution in [1.82, 2.24) is 4.90 Å². The molecule has 3 rings (SSSR count). The molecular weight excluding hydrogens is 332 g/mol. The van der Waals surface area contributed by atoms with Crippen LogP contribution >= 0.6 is 11.8 Å². The first-order valence-corrected chi connectivity index (χ1v) is 9.72. The van der Waals surface area contributed by atoms with Crippen LogP contribution in [-0.4, -0.2) is 36.7 Å². The maximum atomic E-state index is 12.7. The lowest BCUT2D eigenvalue weighted by molar-refractivity contribution is -0.124. The molecule has 0 aromatic heterocycles. The van der Waals surface area contributed by atoms with Gasteiger partial charge in [0.15, 0.2) is 0 Å². The zero-order chi connectivity index (χ0) is 18.0. The number of hydrogen-bond donors (Lipinski definition) is 0. The van der Waals surface area contributed by atoms with E-state index in [0.29, 0.717) is 11.4 Å². The van der Waals surface area contributed by atoms with Crippen LogP contribution in [-0.2, 0) is 4.79 Å². The highest BCUT2D eigenvalue weighted by Gasteiger charge is 2.40. The second-order valence-electron chi connectivity index (χ2n) is 7.63. The Morgan fingerprint density at radius 1 is 1.12 bits per heavy atom. The molecule has 2 fully saturated rings. The van der Waals surface area contributed by atoms with Gasteiger partial charge in [0.05, 0.1) is 4.91 Å². The van der Waals surface area contributed by atoms with Gasteiger partial charge < -0.3 is 4.90 Å². The number of thioether (sulfide) groups is 1. The fourth-order valence-corrected chi connectivity index (χ4v) is 4.44. The molecule has 0 radical (unpaired) electrons. The number of hydrogen-bond acceptors (Lipinski definition) is 4. The van der Waals surface area contributed by atoms with Gasteiger partial charge in [0.2, 0.25) is 0 Å². The Bertz CT molecular complexity index is 688. The summed E-state index contributed by atoms with van der Waals surface area (Å²) in [6.07, 6.45) is 7.68. The minimum absolute atomic E-state index is 0.0763. The van der Waals surface area contributed by atoms with E-state index >= 15 is 0 Å². The molecule has 1 saturated heterocycles. The summed E-state index contributed by atoms with van der Waals surface area (Å²) in [5, 5.41) is -0.132. The van der Waals surface area contributed by atoms with Gasteiger partial charge in [0, 0.05) is 26.3 Å². The Hall–Kier alpha value is -1.75. The van der Waals surface area contributed by atoms with Crippen molar-refractivity contribution in [1.29, 1.82) is 0 Å². The van der Waals surface area contributed by atoms with Crippen LogP contribution in [0.25, 0.3) is 6.08 Å². The highest BCUT2D eigenvalue weighted by Crippen LogP contribution is 2.40. The van der Waals surface area contributed by atoms with Crippen molar-refractivity contribution < 1.29 is 9.59 Å². The van der Waals surface area contributed by atoms with Gasteiger partial charge in [-0.1, -0.05) is 38.3 Å². The van der Waals surface area contributed by atoms with Gasteiger partial charge in [-0.3, -0.25) is 14.5 Å². The van der Waals surface area contributed by atoms with Gasteiger partial charge in [-0.05, 0) is 53.8 Å². The first-order chi connectivity index (χ1) is 11.9. The summed E-state index contributed by atoms with van der Waals surface area (Å²) in [7, 11) is 3.98. The third kappa shape index (κ3) is 4.09. The normalized spacial score (nSPS) is 21.9. The van der Waals surface area contributed by atoms with Crippen LogP contribution in [0, 0.1) is 5.41 Å². The zero-order valence-electron chi connectivity index (χ0n) is 15.2. The SMILES string of the molecule is CN(C)c1ccc(C=C2SC(=O)N(CC3(C)CCCCC3)C2=O)cc1. The molecule has 0 spiro atoms. The van der Waals surface area contributed by atoms with E-state index in [1.807, 2.05) is 49.3 Å². The average Bonchev–Trinajstić information content (AvgIpc) is 2.83. The van der Waals surface area contributed by atoms with Crippen molar-refractivity contribution in [2.45, 2.75) is 39.0 Å². The van der Waals surface area contributed by atoms with Crippen LogP contribution in [0.2, 0.25) is 0 Å². The highest BCUT2D eigenvalue weighted by molar-refractivity contribution is 8.18. The van der Waals surface area contributed by atoms with Gasteiger partial charge >= 0.3 is 0 Å². The minimum Gasteiger partial charge on any atom is -0.378 e. The number of nitrogens with zero attached hydrogens (tertiary/aromatic N) is 2. The standard InChI is InChI=1S/C20H26N2O2S/c1-20(11-5-4-6-12-20)14-22-18(23)17(25-19(22)24)13-15-7-9-16(10-8-15)21(2)3/h7-10,13H,4-6,11-12,14H2,1-3H3. The fraction of sp³-hybridized carbons (Fsp3) is 0.500. The summed E-state index contributed by atoms with van der Waals surface area (Å²) >= 11 is 1.06. The van der Waals surface area contributed by atoms with Gasteiger partial charge in [0.25, 0.3) is 11.1 Å². The van der Waals surface area contributed by atoms with E-state index in [4.69, 9.17) is 0 Å². The molecule has 4 nitrogen and oxygen atoms in total. The van der Waals surface area contributed by atoms with Crippen molar-refractivity contribution >= 4 is 34.7 Å². The van der Waals surface area contributed by atoms with E-state index in [9.17, 15) is 9.59 Å². The lowest BCUT2D eigenvalue weighted by Crippen LogP contribution is -2.39. The van der Waals surface area contributed by atoms with Crippen LogP contribution in [0.1, 0.15) is 44.6 Å². The molecule has 1 aromatic carbocycles. The lowest BCUT2D eigenvalue weighted by Gasteiger charge is -2.35. The first-order valence-electron chi connectivity index (χ1n) is 8.91. The molecule has 134 valence electrons. The third-order valence-corrected chi connectivity index (χ3v) is 6.09. The molecule has 2 amide bonds. The van der Waals surface area contributed by atoms with Crippen molar-refractivity contribution in [2.75, 3.05) is 25.5 Å². The Balaban J connectivity index is 1.74. The maximum Gasteiger partial charge on any atom is 0.293 e. The lowest BCUT2D eigenvalue weighted by atomic mass is 9.75. The smallest absolute Gasteiger partial charge is 0.293 e. The second-order valence-corrected chi connectivity index (χ2v) is 8.62. The summed E-state index contributed by atoms with van der Waals surface area (Å²) in [4.78, 5) is 29.1. The number of rotatable bonds is 4. The summed E-state index contributed by atoms with van der Waals surface area (Å²) in [5.41, 5.74) is 2.13. The number of amides is 2. The van der Waals surface area contributed by atoms with Gasteiger partial charge in [-0.25, -0.2) is 0 Å². The molecule has 0 unspecified atom stereocenters. The molecule has 0 bridgehead atoms. The molecule has 1 aromatic rings. The summed E-state index contributed by atoms with van der Waals surface area (Å²) < 4.78 is 0. The summed E-state index contributed by atoms with van der Waals surface area (Å²) in [6, 6.07) is 7.98. The Kier molecular flexibility index (Phi) is 5.23. The minimum atomic E-state index is -0.140. The van der Waals surface area contributed by atoms with E-state index in [-0.39, 0.29) is 16.6 Å². The number of anilines is 1. The molecule has 1 heterocycles. The molecule has 1 aliphatic carbocycles. The van der Waals surface area contributed by atoms with Gasteiger partial charge in [0.1, 0.15) is 0 Å². The van der Waals surface area contributed by atoms with E-state index in [2.05, 4.69) is 6.92 Å². The van der Waals surface area contributed by atoms with Crippen LogP contribution in [0.15, 0.2) is 29.2 Å². The molecule has 0 atom stereocenters. The first kappa shape index (κ1) is 18.1. The molecule has 5 heteroatoms. The molecule has 2 aliphatic rings. The Morgan fingerprint density at radius 3 is 2.36 bits per heavy atom. The molecule has 0 N–H and O–H groups in total. The van der Waals surface area contributed by atoms with Gasteiger partial charge in [-0.2, -0.15) is 0 Å². The molecule has 1 saturated carbocycles. The Morgan fingerprint density at radius 2 is 1.76 bits per heavy atom. The predicted octanol–water partition coefficient (Wildman–Crippen LogP) is 4.76. The summed E-state index contributed by atoms with van der Waals surface area (Å²) in [6.45, 7) is 2.76. The van der Waals surface area contributed by atoms with Crippen LogP contribution < -0.4 is 4.90 Å². The fourth-order valence-electron chi connectivity index (χ4n) is 3.60. The second kappa shape index (κ2) is 7.24. The average molecular weight is 359 g/mol. The summed E-state index contributed by atoms with van der Waals surface area (Å²) in [5.74, 6) is -0.140. The predicted molar refractivity (Wildman–Crippen MR) is 105 cm³/mol. The van der Waals surface area contributed by atoms with Crippen molar-refractivity contribution in [3.05, 3.63) is 34.7 Å². The van der Waals surface area contributed by atoms with E-state index in [1.54, 1.807) is 0 Å². The molecule has 25 heavy (non-hydrogen) atoms. The largest absolute Gasteiger partial charge is 0.378 e. The highest BCUT2D eigenvalue weighted by atomic mass is 32.2. The molecular formula is C20H26N2O2S. The third-order valence-electron chi connectivity index (χ3n) is 5.18. The zero-order valence-corrected chi connectivity index (χ0v) is 16.1. The quantitative estimate of drug-likeness (QED) is 0.728. The van der Waals surface area contributed by atoms with Crippen LogP contribution in [0.3, 0.4) is 0 Å². The van der Waals surface area contributed by atoms with E-state index in [0.717, 1.165) is 35.9 Å². The van der Waals surface area contributed by atoms with E-state index < -0.39 is 0 Å². The van der Waals surface area contributed by atoms with Crippen LogP contribution in [0.4, 0.5) is 10.5 Å². The topological polar surface area (TPSA) is 40.6 Å². The van der Waals surface area contributed by atoms with Crippen LogP contribution in [0.5, 0.6) is 0 Å². The number of carbonyl (C=O) groups excluding carboxylic acids is 2. The molecule has 1 aliphatic heterocycles. The van der Waals surface area contributed by atoms with Gasteiger partial charge in [-0.15, -0.1) is 0 Å². The monoisotopic (exact) mass is 358 g/mol. The maximum absolute atomic E-state index is 12.7. The van der Waals surface area contributed by atoms with Crippen molar-refractivity contribution in [3.63, 3.8) is 0 Å². The Labute approximate surface area is 154 Å². The van der Waals surface area contributed by atoms with E-state index in [1.165, 1.54) is 24.2 Å². The van der Waals surface area contributed by atoms with Crippen molar-refractivity contribution in [2.24, 2.45) is 5.41 Å². The number of benzene rings is 1. The van der Waals surface area contributed by atoms with Crippen molar-refractivity contribution in [3.8, 4) is 0 Å².